The second kappa shape index (κ2) is 13.1. The SMILES string of the molecule is Cc1ccccc1CN(C(=O)CN(c1ccc(Cl)cc1C)S(C)(=O)=O)[C@H](Cc1ccccc1)C(=O)NC(C)C. The molecule has 3 rings (SSSR count). The zero-order valence-electron chi connectivity index (χ0n) is 23.0. The zero-order chi connectivity index (χ0) is 28.7. The lowest BCUT2D eigenvalue weighted by Crippen LogP contribution is -2.54. The Kier molecular flexibility index (Phi) is 10.2. The molecule has 0 saturated heterocycles. The molecule has 0 aliphatic heterocycles. The average Bonchev–Trinajstić information content (AvgIpc) is 2.85. The summed E-state index contributed by atoms with van der Waals surface area (Å²) in [6.45, 7) is 7.08. The summed E-state index contributed by atoms with van der Waals surface area (Å²) < 4.78 is 26.9. The number of nitrogens with zero attached hydrogens (tertiary/aromatic N) is 2. The highest BCUT2D eigenvalue weighted by molar-refractivity contribution is 7.92. The third kappa shape index (κ3) is 8.31. The Bertz CT molecular complexity index is 1410. The quantitative estimate of drug-likeness (QED) is 0.356. The number of sulfonamides is 1. The van der Waals surface area contributed by atoms with Gasteiger partial charge < -0.3 is 10.2 Å². The van der Waals surface area contributed by atoms with Crippen LogP contribution in [0.25, 0.3) is 0 Å². The topological polar surface area (TPSA) is 86.8 Å². The van der Waals surface area contributed by atoms with Crippen molar-refractivity contribution in [1.29, 1.82) is 0 Å². The summed E-state index contributed by atoms with van der Waals surface area (Å²) in [5.74, 6) is -0.790. The maximum absolute atomic E-state index is 14.1. The molecule has 0 radical (unpaired) electrons. The van der Waals surface area contributed by atoms with E-state index in [9.17, 15) is 18.0 Å². The molecule has 0 saturated carbocycles. The number of carbonyl (C=O) groups is 2. The van der Waals surface area contributed by atoms with Gasteiger partial charge in [-0.15, -0.1) is 0 Å². The molecule has 3 aromatic rings. The first-order valence-electron chi connectivity index (χ1n) is 12.8. The predicted octanol–water partition coefficient (Wildman–Crippen LogP) is 4.89. The van der Waals surface area contributed by atoms with E-state index in [-0.39, 0.29) is 24.9 Å². The first-order chi connectivity index (χ1) is 18.4. The smallest absolute Gasteiger partial charge is 0.244 e. The molecule has 0 fully saturated rings. The fourth-order valence-electron chi connectivity index (χ4n) is 4.40. The van der Waals surface area contributed by atoms with Crippen molar-refractivity contribution in [2.45, 2.75) is 52.7 Å². The number of benzene rings is 3. The van der Waals surface area contributed by atoms with Gasteiger partial charge in [-0.2, -0.15) is 0 Å². The fraction of sp³-hybridized carbons (Fsp3) is 0.333. The molecule has 1 N–H and O–H groups in total. The first kappa shape index (κ1) is 30.2. The van der Waals surface area contributed by atoms with Gasteiger partial charge >= 0.3 is 0 Å². The highest BCUT2D eigenvalue weighted by atomic mass is 35.5. The number of rotatable bonds is 11. The number of amides is 2. The third-order valence-corrected chi connectivity index (χ3v) is 7.77. The lowest BCUT2D eigenvalue weighted by molar-refractivity contribution is -0.140. The Morgan fingerprint density at radius 2 is 1.56 bits per heavy atom. The second-order valence-corrected chi connectivity index (χ2v) is 12.4. The number of aryl methyl sites for hydroxylation is 2. The van der Waals surface area contributed by atoms with Gasteiger partial charge in [0.15, 0.2) is 0 Å². The second-order valence-electron chi connectivity index (χ2n) is 10.0. The monoisotopic (exact) mass is 569 g/mol. The van der Waals surface area contributed by atoms with Crippen LogP contribution in [-0.2, 0) is 32.6 Å². The van der Waals surface area contributed by atoms with Crippen molar-refractivity contribution >= 4 is 39.1 Å². The van der Waals surface area contributed by atoms with E-state index in [2.05, 4.69) is 5.32 Å². The normalized spacial score (nSPS) is 12.2. The molecule has 0 spiro atoms. The van der Waals surface area contributed by atoms with Gasteiger partial charge in [0, 0.05) is 24.0 Å². The van der Waals surface area contributed by atoms with Gasteiger partial charge in [-0.3, -0.25) is 13.9 Å². The van der Waals surface area contributed by atoms with Gasteiger partial charge in [0.05, 0.1) is 11.9 Å². The van der Waals surface area contributed by atoms with E-state index in [1.807, 2.05) is 75.4 Å². The van der Waals surface area contributed by atoms with Crippen molar-refractivity contribution in [2.24, 2.45) is 0 Å². The van der Waals surface area contributed by atoms with E-state index >= 15 is 0 Å². The third-order valence-electron chi connectivity index (χ3n) is 6.41. The van der Waals surface area contributed by atoms with Crippen LogP contribution < -0.4 is 9.62 Å². The number of nitrogens with one attached hydrogen (secondary N) is 1. The van der Waals surface area contributed by atoms with Crippen LogP contribution in [0.5, 0.6) is 0 Å². The molecule has 7 nitrogen and oxygen atoms in total. The average molecular weight is 570 g/mol. The lowest BCUT2D eigenvalue weighted by atomic mass is 10.0. The molecule has 1 atom stereocenters. The Balaban J connectivity index is 2.08. The van der Waals surface area contributed by atoms with Crippen molar-refractivity contribution < 1.29 is 18.0 Å². The zero-order valence-corrected chi connectivity index (χ0v) is 24.6. The maximum Gasteiger partial charge on any atom is 0.244 e. The number of anilines is 1. The summed E-state index contributed by atoms with van der Waals surface area (Å²) in [5, 5.41) is 3.41. The molecule has 2 amide bonds. The number of hydrogen-bond donors (Lipinski definition) is 1. The van der Waals surface area contributed by atoms with Gasteiger partial charge in [0.1, 0.15) is 12.6 Å². The Labute approximate surface area is 236 Å². The van der Waals surface area contributed by atoms with Crippen LogP contribution in [0.3, 0.4) is 0 Å². The molecule has 39 heavy (non-hydrogen) atoms. The highest BCUT2D eigenvalue weighted by Gasteiger charge is 2.33. The molecular formula is C30H36ClN3O4S. The molecule has 0 aromatic heterocycles. The molecule has 0 unspecified atom stereocenters. The standard InChI is InChI=1S/C30H36ClN3O4S/c1-21(2)32-30(36)28(18-24-12-7-6-8-13-24)33(19-25-14-10-9-11-22(25)3)29(35)20-34(39(5,37)38)27-16-15-26(31)17-23(27)4/h6-17,21,28H,18-20H2,1-5H3,(H,32,36)/t28-/m1/s1. The molecule has 0 heterocycles. The number of halogens is 1. The van der Waals surface area contributed by atoms with E-state index < -0.39 is 28.5 Å². The van der Waals surface area contributed by atoms with Gasteiger partial charge in [-0.05, 0) is 68.1 Å². The van der Waals surface area contributed by atoms with Crippen LogP contribution in [0.15, 0.2) is 72.8 Å². The van der Waals surface area contributed by atoms with E-state index in [1.54, 1.807) is 25.1 Å². The van der Waals surface area contributed by atoms with Crippen molar-refractivity contribution in [3.63, 3.8) is 0 Å². The van der Waals surface area contributed by atoms with E-state index in [0.29, 0.717) is 16.3 Å². The molecule has 208 valence electrons. The molecule has 0 aliphatic carbocycles. The fourth-order valence-corrected chi connectivity index (χ4v) is 5.53. The summed E-state index contributed by atoms with van der Waals surface area (Å²) in [4.78, 5) is 29.2. The van der Waals surface area contributed by atoms with E-state index in [1.165, 1.54) is 4.90 Å². The van der Waals surface area contributed by atoms with Crippen LogP contribution >= 0.6 is 11.6 Å². The van der Waals surface area contributed by atoms with Crippen LogP contribution in [0.2, 0.25) is 5.02 Å². The molecule has 0 aliphatic rings. The van der Waals surface area contributed by atoms with Crippen molar-refractivity contribution in [3.05, 3.63) is 100 Å². The van der Waals surface area contributed by atoms with Crippen molar-refractivity contribution in [3.8, 4) is 0 Å². The summed E-state index contributed by atoms with van der Waals surface area (Å²) in [6.07, 6.45) is 1.34. The molecule has 3 aromatic carbocycles. The van der Waals surface area contributed by atoms with Gasteiger partial charge in [0.2, 0.25) is 21.8 Å². The highest BCUT2D eigenvalue weighted by Crippen LogP contribution is 2.26. The summed E-state index contributed by atoms with van der Waals surface area (Å²) in [7, 11) is -3.84. The summed E-state index contributed by atoms with van der Waals surface area (Å²) in [6, 6.07) is 20.9. The maximum atomic E-state index is 14.1. The van der Waals surface area contributed by atoms with Gasteiger partial charge in [0.25, 0.3) is 0 Å². The van der Waals surface area contributed by atoms with Crippen LogP contribution in [0.4, 0.5) is 5.69 Å². The summed E-state index contributed by atoms with van der Waals surface area (Å²) >= 11 is 6.10. The minimum Gasteiger partial charge on any atom is -0.352 e. The number of hydrogen-bond acceptors (Lipinski definition) is 4. The minimum absolute atomic E-state index is 0.143. The molecule has 9 heteroatoms. The summed E-state index contributed by atoms with van der Waals surface area (Å²) in [5.41, 5.74) is 3.70. The van der Waals surface area contributed by atoms with Crippen LogP contribution in [0, 0.1) is 13.8 Å². The molecular weight excluding hydrogens is 534 g/mol. The number of carbonyl (C=O) groups excluding carboxylic acids is 2. The van der Waals surface area contributed by atoms with E-state index in [0.717, 1.165) is 27.3 Å². The Morgan fingerprint density at radius 3 is 2.15 bits per heavy atom. The lowest BCUT2D eigenvalue weighted by Gasteiger charge is -2.34. The van der Waals surface area contributed by atoms with E-state index in [4.69, 9.17) is 11.6 Å². The first-order valence-corrected chi connectivity index (χ1v) is 15.0. The van der Waals surface area contributed by atoms with Gasteiger partial charge in [-0.1, -0.05) is 66.2 Å². The van der Waals surface area contributed by atoms with Crippen molar-refractivity contribution in [2.75, 3.05) is 17.1 Å². The Hall–Kier alpha value is -3.36. The van der Waals surface area contributed by atoms with Crippen LogP contribution in [0.1, 0.15) is 36.1 Å². The van der Waals surface area contributed by atoms with Gasteiger partial charge in [-0.25, -0.2) is 8.42 Å². The van der Waals surface area contributed by atoms with Crippen molar-refractivity contribution in [1.82, 2.24) is 10.2 Å². The minimum atomic E-state index is -3.84. The predicted molar refractivity (Wildman–Crippen MR) is 157 cm³/mol. The molecule has 0 bridgehead atoms. The van der Waals surface area contributed by atoms with Crippen LogP contribution in [-0.4, -0.2) is 50.0 Å². The largest absolute Gasteiger partial charge is 0.352 e. The Morgan fingerprint density at radius 1 is 0.923 bits per heavy atom.